The van der Waals surface area contributed by atoms with Crippen LogP contribution in [0.1, 0.15) is 23.6 Å². The second-order valence-electron chi connectivity index (χ2n) is 3.62. The minimum atomic E-state index is -1.52. The molecule has 0 aliphatic carbocycles. The van der Waals surface area contributed by atoms with Crippen LogP contribution in [0.3, 0.4) is 0 Å². The van der Waals surface area contributed by atoms with E-state index in [1.165, 1.54) is 6.92 Å². The summed E-state index contributed by atoms with van der Waals surface area (Å²) in [6.45, 7) is 5.25. The predicted octanol–water partition coefficient (Wildman–Crippen LogP) is 3.09. The maximum atomic E-state index is 13.1. The maximum Gasteiger partial charge on any atom is 0.365 e. The number of carboxylic acid groups (broad SMARTS) is 1. The molecule has 0 heterocycles. The first kappa shape index (κ1) is 11.4. The number of hydrogen-bond donors (Lipinski definition) is 1. The van der Waals surface area contributed by atoms with Gasteiger partial charge in [-0.15, -0.1) is 0 Å². The molecule has 1 aromatic rings. The van der Waals surface area contributed by atoms with Crippen molar-refractivity contribution in [2.45, 2.75) is 20.8 Å². The van der Waals surface area contributed by atoms with Crippen LogP contribution in [0.4, 0.5) is 4.39 Å². The average molecular weight is 208 g/mol. The van der Waals surface area contributed by atoms with Gasteiger partial charge in [-0.3, -0.25) is 0 Å². The predicted molar refractivity (Wildman–Crippen MR) is 57.3 cm³/mol. The molecule has 0 aromatic heterocycles. The average Bonchev–Trinajstić information content (AvgIpc) is 2.13. The molecule has 15 heavy (non-hydrogen) atoms. The lowest BCUT2D eigenvalue weighted by molar-refractivity contribution is -0.134. The Kier molecular flexibility index (Phi) is 3.24. The zero-order valence-electron chi connectivity index (χ0n) is 8.97. The highest BCUT2D eigenvalue weighted by Crippen LogP contribution is 2.21. The Balaban J connectivity index is 3.28. The monoisotopic (exact) mass is 208 g/mol. The van der Waals surface area contributed by atoms with Gasteiger partial charge < -0.3 is 5.11 Å². The normalized spacial score (nSPS) is 12.3. The Labute approximate surface area is 88.1 Å². The number of aliphatic carboxylic acids is 1. The van der Waals surface area contributed by atoms with Gasteiger partial charge in [0.25, 0.3) is 0 Å². The summed E-state index contributed by atoms with van der Waals surface area (Å²) in [5.41, 5.74) is 2.76. The Morgan fingerprint density at radius 1 is 1.20 bits per heavy atom. The molecule has 0 aliphatic rings. The highest BCUT2D eigenvalue weighted by atomic mass is 19.1. The van der Waals surface area contributed by atoms with Crippen LogP contribution >= 0.6 is 0 Å². The van der Waals surface area contributed by atoms with Crippen LogP contribution in [0.5, 0.6) is 0 Å². The Bertz CT molecular complexity index is 413. The summed E-state index contributed by atoms with van der Waals surface area (Å²) in [7, 11) is 0. The fraction of sp³-hybridized carbons (Fsp3) is 0.250. The number of allylic oxidation sites excluding steroid dienone is 1. The van der Waals surface area contributed by atoms with Gasteiger partial charge in [0.15, 0.2) is 0 Å². The molecule has 1 aromatic carbocycles. The molecular formula is C12H13FO2. The van der Waals surface area contributed by atoms with Gasteiger partial charge in [0.05, 0.1) is 0 Å². The van der Waals surface area contributed by atoms with E-state index in [9.17, 15) is 9.18 Å². The molecule has 1 rings (SSSR count). The summed E-state index contributed by atoms with van der Waals surface area (Å²) in [6, 6.07) is 5.49. The number of hydrogen-bond acceptors (Lipinski definition) is 1. The second kappa shape index (κ2) is 4.26. The number of halogens is 1. The fourth-order valence-corrected chi connectivity index (χ4v) is 1.48. The first-order valence-electron chi connectivity index (χ1n) is 4.60. The largest absolute Gasteiger partial charge is 0.476 e. The molecule has 0 bridgehead atoms. The summed E-state index contributed by atoms with van der Waals surface area (Å²) < 4.78 is 13.1. The van der Waals surface area contributed by atoms with Crippen LogP contribution in [0.25, 0.3) is 5.57 Å². The molecule has 0 unspecified atom stereocenters. The Morgan fingerprint density at radius 2 is 1.67 bits per heavy atom. The van der Waals surface area contributed by atoms with Gasteiger partial charge in [0.1, 0.15) is 0 Å². The minimum absolute atomic E-state index is 0.161. The van der Waals surface area contributed by atoms with Crippen molar-refractivity contribution >= 4 is 11.5 Å². The van der Waals surface area contributed by atoms with Gasteiger partial charge in [0, 0.05) is 0 Å². The quantitative estimate of drug-likeness (QED) is 0.758. The molecule has 2 nitrogen and oxygen atoms in total. The lowest BCUT2D eigenvalue weighted by Gasteiger charge is -2.05. The third-order valence-corrected chi connectivity index (χ3v) is 2.17. The van der Waals surface area contributed by atoms with Crippen molar-refractivity contribution in [2.24, 2.45) is 0 Å². The van der Waals surface area contributed by atoms with Crippen molar-refractivity contribution < 1.29 is 14.3 Å². The Morgan fingerprint density at radius 3 is 2.07 bits per heavy atom. The molecule has 0 amide bonds. The molecule has 0 radical (unpaired) electrons. The van der Waals surface area contributed by atoms with Crippen molar-refractivity contribution in [1.29, 1.82) is 0 Å². The number of carboxylic acids is 1. The van der Waals surface area contributed by atoms with Crippen molar-refractivity contribution in [3.05, 3.63) is 40.7 Å². The van der Waals surface area contributed by atoms with Gasteiger partial charge in [0.2, 0.25) is 5.83 Å². The molecular weight excluding hydrogens is 195 g/mol. The van der Waals surface area contributed by atoms with Gasteiger partial charge in [-0.2, -0.15) is 4.39 Å². The summed E-state index contributed by atoms with van der Waals surface area (Å²) >= 11 is 0. The highest BCUT2D eigenvalue weighted by Gasteiger charge is 2.12. The topological polar surface area (TPSA) is 37.3 Å². The number of aryl methyl sites for hydroxylation is 2. The molecule has 1 N–H and O–H groups in total. The van der Waals surface area contributed by atoms with Gasteiger partial charge in [-0.05, 0) is 31.9 Å². The molecule has 0 spiro atoms. The van der Waals surface area contributed by atoms with E-state index in [-0.39, 0.29) is 5.57 Å². The molecule has 80 valence electrons. The van der Waals surface area contributed by atoms with E-state index in [1.54, 1.807) is 12.1 Å². The zero-order valence-corrected chi connectivity index (χ0v) is 8.97. The maximum absolute atomic E-state index is 13.1. The lowest BCUT2D eigenvalue weighted by atomic mass is 10.0. The molecule has 0 saturated carbocycles. The van der Waals surface area contributed by atoms with Gasteiger partial charge in [-0.1, -0.05) is 29.3 Å². The number of benzene rings is 1. The van der Waals surface area contributed by atoms with E-state index in [4.69, 9.17) is 5.11 Å². The molecule has 0 aliphatic heterocycles. The lowest BCUT2D eigenvalue weighted by Crippen LogP contribution is -1.98. The molecule has 0 saturated heterocycles. The Hall–Kier alpha value is -1.64. The van der Waals surface area contributed by atoms with Crippen molar-refractivity contribution in [2.75, 3.05) is 0 Å². The summed E-state index contributed by atoms with van der Waals surface area (Å²) in [5, 5.41) is 8.52. The van der Waals surface area contributed by atoms with E-state index in [2.05, 4.69) is 0 Å². The zero-order chi connectivity index (χ0) is 11.6. The second-order valence-corrected chi connectivity index (χ2v) is 3.62. The number of carbonyl (C=O) groups is 1. The minimum Gasteiger partial charge on any atom is -0.476 e. The third kappa shape index (κ3) is 2.65. The standard InChI is InChI=1S/C12H13FO2/c1-7-4-8(2)6-10(5-7)9(3)11(13)12(14)15/h4-6H,1-3H3,(H,14,15)/b11-9-. The molecule has 3 heteroatoms. The van der Waals surface area contributed by atoms with E-state index >= 15 is 0 Å². The highest BCUT2D eigenvalue weighted by molar-refractivity contribution is 5.93. The van der Waals surface area contributed by atoms with E-state index in [1.807, 2.05) is 19.9 Å². The van der Waals surface area contributed by atoms with Crippen LogP contribution in [0, 0.1) is 13.8 Å². The molecule has 0 atom stereocenters. The van der Waals surface area contributed by atoms with E-state index in [0.29, 0.717) is 5.56 Å². The number of rotatable bonds is 2. The fourth-order valence-electron chi connectivity index (χ4n) is 1.48. The molecule has 0 fully saturated rings. The third-order valence-electron chi connectivity index (χ3n) is 2.17. The van der Waals surface area contributed by atoms with Crippen LogP contribution in [-0.2, 0) is 4.79 Å². The summed E-state index contributed by atoms with van der Waals surface area (Å²) in [4.78, 5) is 10.5. The first-order valence-corrected chi connectivity index (χ1v) is 4.60. The van der Waals surface area contributed by atoms with E-state index in [0.717, 1.165) is 11.1 Å². The van der Waals surface area contributed by atoms with Gasteiger partial charge >= 0.3 is 5.97 Å². The van der Waals surface area contributed by atoms with Crippen LogP contribution < -0.4 is 0 Å². The van der Waals surface area contributed by atoms with Crippen molar-refractivity contribution in [1.82, 2.24) is 0 Å². The van der Waals surface area contributed by atoms with Crippen LogP contribution in [0.15, 0.2) is 24.0 Å². The SMILES string of the molecule is C/C(=C(/F)C(=O)O)c1cc(C)cc(C)c1. The van der Waals surface area contributed by atoms with E-state index < -0.39 is 11.8 Å². The van der Waals surface area contributed by atoms with Crippen LogP contribution in [0.2, 0.25) is 0 Å². The summed E-state index contributed by atoms with van der Waals surface area (Å²) in [5.74, 6) is -2.62. The van der Waals surface area contributed by atoms with Crippen molar-refractivity contribution in [3.8, 4) is 0 Å². The van der Waals surface area contributed by atoms with Crippen LogP contribution in [-0.4, -0.2) is 11.1 Å². The smallest absolute Gasteiger partial charge is 0.365 e. The van der Waals surface area contributed by atoms with Gasteiger partial charge in [-0.25, -0.2) is 4.79 Å². The first-order chi connectivity index (χ1) is 6.91. The summed E-state index contributed by atoms with van der Waals surface area (Å²) in [6.07, 6.45) is 0. The van der Waals surface area contributed by atoms with Crippen molar-refractivity contribution in [3.63, 3.8) is 0 Å².